The molecule has 0 bridgehead atoms. The van der Waals surface area contributed by atoms with Crippen molar-refractivity contribution in [3.63, 3.8) is 0 Å². The van der Waals surface area contributed by atoms with Crippen molar-refractivity contribution in [3.05, 3.63) is 57.1 Å². The summed E-state index contributed by atoms with van der Waals surface area (Å²) in [6.07, 6.45) is 0.925. The van der Waals surface area contributed by atoms with Gasteiger partial charge in [0.1, 0.15) is 0 Å². The van der Waals surface area contributed by atoms with Gasteiger partial charge in [0.25, 0.3) is 0 Å². The number of nitrogens with two attached hydrogens (primary N) is 1. The van der Waals surface area contributed by atoms with Gasteiger partial charge in [-0.25, -0.2) is 4.79 Å². The molecule has 3 rings (SSSR count). The maximum atomic E-state index is 12.3. The van der Waals surface area contributed by atoms with Gasteiger partial charge in [-0.2, -0.15) is 0 Å². The predicted molar refractivity (Wildman–Crippen MR) is 98.9 cm³/mol. The smallest absolute Gasteiger partial charge is 0.340 e. The molecule has 3 N–H and O–H groups in total. The molecule has 1 heterocycles. The third-order valence-electron chi connectivity index (χ3n) is 3.97. The summed E-state index contributed by atoms with van der Waals surface area (Å²) < 4.78 is 5.04. The Morgan fingerprint density at radius 3 is 2.69 bits per heavy atom. The fourth-order valence-corrected chi connectivity index (χ4v) is 3.10. The Morgan fingerprint density at radius 2 is 1.92 bits per heavy atom. The average molecular weight is 393 g/mol. The van der Waals surface area contributed by atoms with E-state index in [1.54, 1.807) is 18.2 Å². The second-order valence-electron chi connectivity index (χ2n) is 5.77. The van der Waals surface area contributed by atoms with Crippen LogP contribution in [0.4, 0.5) is 11.4 Å². The number of nitrogens with one attached hydrogen (secondary N) is 1. The fourth-order valence-electron chi connectivity index (χ4n) is 2.60. The molecule has 26 heavy (non-hydrogen) atoms. The molecular formula is C18H14Cl2N2O4. The van der Waals surface area contributed by atoms with Crippen molar-refractivity contribution in [1.82, 2.24) is 0 Å². The summed E-state index contributed by atoms with van der Waals surface area (Å²) in [6.45, 7) is -0.451. The fraction of sp³-hybridized carbons (Fsp3) is 0.167. The number of carbonyl (C=O) groups excluding carboxylic acids is 3. The number of esters is 1. The third kappa shape index (κ3) is 3.81. The summed E-state index contributed by atoms with van der Waals surface area (Å²) in [5, 5.41) is 3.11. The van der Waals surface area contributed by atoms with E-state index >= 15 is 0 Å². The molecule has 0 spiro atoms. The number of carbonyl (C=O) groups is 3. The summed E-state index contributed by atoms with van der Waals surface area (Å²) >= 11 is 11.7. The monoisotopic (exact) mass is 392 g/mol. The van der Waals surface area contributed by atoms with E-state index in [9.17, 15) is 14.4 Å². The van der Waals surface area contributed by atoms with Gasteiger partial charge >= 0.3 is 5.97 Å². The molecule has 0 radical (unpaired) electrons. The number of benzene rings is 2. The number of fused-ring (bicyclic) bond motifs is 1. The van der Waals surface area contributed by atoms with E-state index in [1.807, 2.05) is 0 Å². The van der Waals surface area contributed by atoms with E-state index in [0.717, 1.165) is 5.56 Å². The van der Waals surface area contributed by atoms with Gasteiger partial charge in [0.05, 0.1) is 16.3 Å². The lowest BCUT2D eigenvalue weighted by molar-refractivity contribution is -0.116. The lowest BCUT2D eigenvalue weighted by Crippen LogP contribution is -2.20. The van der Waals surface area contributed by atoms with E-state index in [-0.39, 0.29) is 33.0 Å². The van der Waals surface area contributed by atoms with E-state index in [0.29, 0.717) is 24.1 Å². The van der Waals surface area contributed by atoms with E-state index in [4.69, 9.17) is 33.7 Å². The first-order valence-corrected chi connectivity index (χ1v) is 8.48. The summed E-state index contributed by atoms with van der Waals surface area (Å²) in [4.78, 5) is 35.8. The number of nitrogen functional groups attached to an aromatic ring is 1. The normalized spacial score (nSPS) is 12.9. The number of amides is 1. The van der Waals surface area contributed by atoms with Crippen molar-refractivity contribution in [1.29, 1.82) is 0 Å². The van der Waals surface area contributed by atoms with Crippen LogP contribution in [-0.2, 0) is 16.0 Å². The zero-order valence-electron chi connectivity index (χ0n) is 13.5. The minimum absolute atomic E-state index is 0.00320. The molecule has 1 amide bonds. The predicted octanol–water partition coefficient (Wildman–Crippen LogP) is 3.50. The second-order valence-corrected chi connectivity index (χ2v) is 6.61. The molecule has 2 aromatic rings. The highest BCUT2D eigenvalue weighted by molar-refractivity contribution is 6.37. The van der Waals surface area contributed by atoms with Crippen LogP contribution in [0.15, 0.2) is 30.3 Å². The van der Waals surface area contributed by atoms with Crippen LogP contribution in [0.5, 0.6) is 0 Å². The van der Waals surface area contributed by atoms with Gasteiger partial charge in [0.2, 0.25) is 5.91 Å². The van der Waals surface area contributed by atoms with Gasteiger partial charge in [0.15, 0.2) is 12.4 Å². The number of halogens is 2. The van der Waals surface area contributed by atoms with Crippen molar-refractivity contribution in [2.75, 3.05) is 17.7 Å². The van der Waals surface area contributed by atoms with E-state index in [1.165, 1.54) is 12.1 Å². The minimum Gasteiger partial charge on any atom is -0.454 e. The molecule has 2 aromatic carbocycles. The van der Waals surface area contributed by atoms with Crippen LogP contribution >= 0.6 is 23.2 Å². The Kier molecular flexibility index (Phi) is 5.15. The van der Waals surface area contributed by atoms with Crippen molar-refractivity contribution in [2.24, 2.45) is 0 Å². The Labute approximate surface area is 159 Å². The summed E-state index contributed by atoms with van der Waals surface area (Å²) in [5.41, 5.74) is 7.74. The van der Waals surface area contributed by atoms with Gasteiger partial charge in [-0.15, -0.1) is 0 Å². The number of Topliss-reactive ketones (excluding diaryl/α,β-unsaturated/α-hetero) is 1. The number of ketones is 1. The van der Waals surface area contributed by atoms with Crippen LogP contribution in [0, 0.1) is 0 Å². The average Bonchev–Trinajstić information content (AvgIpc) is 2.61. The maximum absolute atomic E-state index is 12.3. The SMILES string of the molecule is Nc1c(Cl)cc(Cl)cc1C(=O)OCC(=O)c1ccc2c(c1)CCC(=O)N2. The van der Waals surface area contributed by atoms with Crippen molar-refractivity contribution in [2.45, 2.75) is 12.8 Å². The van der Waals surface area contributed by atoms with Crippen molar-refractivity contribution in [3.8, 4) is 0 Å². The number of anilines is 2. The molecule has 0 saturated heterocycles. The topological polar surface area (TPSA) is 98.5 Å². The maximum Gasteiger partial charge on any atom is 0.340 e. The number of hydrogen-bond donors (Lipinski definition) is 2. The minimum atomic E-state index is -0.787. The largest absolute Gasteiger partial charge is 0.454 e. The van der Waals surface area contributed by atoms with Crippen LogP contribution in [0.1, 0.15) is 32.7 Å². The molecule has 0 unspecified atom stereocenters. The third-order valence-corrected chi connectivity index (χ3v) is 4.50. The quantitative estimate of drug-likeness (QED) is 0.471. The van der Waals surface area contributed by atoms with Gasteiger partial charge in [0, 0.05) is 22.7 Å². The molecule has 134 valence electrons. The summed E-state index contributed by atoms with van der Waals surface area (Å²) in [5.74, 6) is -1.21. The zero-order valence-corrected chi connectivity index (χ0v) is 15.0. The molecule has 8 heteroatoms. The first kappa shape index (κ1) is 18.2. The van der Waals surface area contributed by atoms with Crippen LogP contribution in [-0.4, -0.2) is 24.3 Å². The molecular weight excluding hydrogens is 379 g/mol. The number of rotatable bonds is 4. The van der Waals surface area contributed by atoms with Crippen LogP contribution < -0.4 is 11.1 Å². The lowest BCUT2D eigenvalue weighted by Gasteiger charge is -2.17. The molecule has 6 nitrogen and oxygen atoms in total. The lowest BCUT2D eigenvalue weighted by atomic mass is 9.99. The molecule has 0 saturated carbocycles. The Morgan fingerprint density at radius 1 is 1.15 bits per heavy atom. The summed E-state index contributed by atoms with van der Waals surface area (Å²) in [6, 6.07) is 7.67. The Bertz CT molecular complexity index is 928. The highest BCUT2D eigenvalue weighted by Gasteiger charge is 2.19. The molecule has 1 aliphatic heterocycles. The molecule has 0 aliphatic carbocycles. The van der Waals surface area contributed by atoms with Gasteiger partial charge in [-0.3, -0.25) is 9.59 Å². The number of ether oxygens (including phenoxy) is 1. The van der Waals surface area contributed by atoms with Crippen LogP contribution in [0.2, 0.25) is 10.0 Å². The number of hydrogen-bond acceptors (Lipinski definition) is 5. The Hall–Kier alpha value is -2.57. The van der Waals surface area contributed by atoms with E-state index in [2.05, 4.69) is 5.32 Å². The highest BCUT2D eigenvalue weighted by Crippen LogP contribution is 2.28. The zero-order chi connectivity index (χ0) is 18.8. The first-order chi connectivity index (χ1) is 12.3. The van der Waals surface area contributed by atoms with Crippen molar-refractivity contribution < 1.29 is 19.1 Å². The Balaban J connectivity index is 1.69. The number of aryl methyl sites for hydroxylation is 1. The first-order valence-electron chi connectivity index (χ1n) is 7.73. The van der Waals surface area contributed by atoms with Crippen LogP contribution in [0.3, 0.4) is 0 Å². The van der Waals surface area contributed by atoms with E-state index < -0.39 is 12.6 Å². The second kappa shape index (κ2) is 7.35. The molecule has 0 fully saturated rings. The molecule has 1 aliphatic rings. The van der Waals surface area contributed by atoms with Gasteiger partial charge in [-0.1, -0.05) is 23.2 Å². The molecule has 0 aromatic heterocycles. The van der Waals surface area contributed by atoms with Crippen LogP contribution in [0.25, 0.3) is 0 Å². The highest BCUT2D eigenvalue weighted by atomic mass is 35.5. The molecule has 0 atom stereocenters. The standard InChI is InChI=1S/C18H14Cl2N2O4/c19-11-6-12(17(21)13(20)7-11)18(25)26-8-15(23)10-1-3-14-9(5-10)2-4-16(24)22-14/h1,3,5-7H,2,4,8,21H2,(H,22,24). The van der Waals surface area contributed by atoms with Crippen molar-refractivity contribution >= 4 is 52.2 Å². The summed E-state index contributed by atoms with van der Waals surface area (Å²) in [7, 11) is 0. The van der Waals surface area contributed by atoms with Gasteiger partial charge in [-0.05, 0) is 42.3 Å². The van der Waals surface area contributed by atoms with Gasteiger partial charge < -0.3 is 15.8 Å².